The molecule has 0 aliphatic rings. The van der Waals surface area contributed by atoms with Gasteiger partial charge in [-0.05, 0) is 49.6 Å². The molecule has 0 saturated carbocycles. The van der Waals surface area contributed by atoms with Crippen molar-refractivity contribution in [3.63, 3.8) is 0 Å². The molecule has 19 heavy (non-hydrogen) atoms. The van der Waals surface area contributed by atoms with E-state index in [1.807, 2.05) is 0 Å². The quantitative estimate of drug-likeness (QED) is 0.781. The van der Waals surface area contributed by atoms with E-state index in [2.05, 4.69) is 19.2 Å². The number of hydrogen-bond acceptors (Lipinski definition) is 1. The monoisotopic (exact) mass is 273 g/mol. The summed E-state index contributed by atoms with van der Waals surface area (Å²) in [5, 5.41) is 3.40. The first-order chi connectivity index (χ1) is 8.90. The van der Waals surface area contributed by atoms with Crippen molar-refractivity contribution >= 4 is 0 Å². The van der Waals surface area contributed by atoms with E-state index in [0.29, 0.717) is 5.56 Å². The summed E-state index contributed by atoms with van der Waals surface area (Å²) in [5.41, 5.74) is 1.11. The third kappa shape index (κ3) is 4.53. The second-order valence-electron chi connectivity index (χ2n) is 4.86. The SMILES string of the molecule is CCCNC(CCC)c1ccc(C(F)(F)F)cc1C. The summed E-state index contributed by atoms with van der Waals surface area (Å²) in [5.74, 6) is 0. The van der Waals surface area contributed by atoms with Crippen LogP contribution in [0.5, 0.6) is 0 Å². The lowest BCUT2D eigenvalue weighted by Crippen LogP contribution is -2.23. The Hall–Kier alpha value is -1.03. The summed E-state index contributed by atoms with van der Waals surface area (Å²) in [4.78, 5) is 0. The molecule has 1 N–H and O–H groups in total. The van der Waals surface area contributed by atoms with Crippen LogP contribution in [0.2, 0.25) is 0 Å². The predicted molar refractivity (Wildman–Crippen MR) is 72.1 cm³/mol. The topological polar surface area (TPSA) is 12.0 Å². The molecule has 0 fully saturated rings. The van der Waals surface area contributed by atoms with Crippen molar-refractivity contribution in [2.75, 3.05) is 6.54 Å². The molecule has 1 nitrogen and oxygen atoms in total. The van der Waals surface area contributed by atoms with Gasteiger partial charge in [0.2, 0.25) is 0 Å². The lowest BCUT2D eigenvalue weighted by Gasteiger charge is -2.21. The van der Waals surface area contributed by atoms with E-state index in [1.54, 1.807) is 13.0 Å². The van der Waals surface area contributed by atoms with Crippen molar-refractivity contribution in [3.8, 4) is 0 Å². The summed E-state index contributed by atoms with van der Waals surface area (Å²) in [6, 6.07) is 4.18. The first kappa shape index (κ1) is 16.0. The first-order valence-electron chi connectivity index (χ1n) is 6.81. The minimum atomic E-state index is -4.26. The van der Waals surface area contributed by atoms with Crippen LogP contribution in [0.1, 0.15) is 55.8 Å². The highest BCUT2D eigenvalue weighted by atomic mass is 19.4. The van der Waals surface area contributed by atoms with Gasteiger partial charge >= 0.3 is 6.18 Å². The summed E-state index contributed by atoms with van der Waals surface area (Å²) in [7, 11) is 0. The Bertz CT molecular complexity index is 399. The number of nitrogens with one attached hydrogen (secondary N) is 1. The van der Waals surface area contributed by atoms with E-state index < -0.39 is 11.7 Å². The Morgan fingerprint density at radius 1 is 1.16 bits per heavy atom. The van der Waals surface area contributed by atoms with Crippen molar-refractivity contribution in [1.29, 1.82) is 0 Å². The average molecular weight is 273 g/mol. The number of halogens is 3. The van der Waals surface area contributed by atoms with Crippen LogP contribution in [0.25, 0.3) is 0 Å². The molecule has 0 radical (unpaired) electrons. The normalized spacial score (nSPS) is 13.6. The van der Waals surface area contributed by atoms with Gasteiger partial charge in [-0.25, -0.2) is 0 Å². The molecule has 0 heterocycles. The second kappa shape index (κ2) is 6.94. The molecule has 0 spiro atoms. The lowest BCUT2D eigenvalue weighted by molar-refractivity contribution is -0.137. The number of benzene rings is 1. The highest BCUT2D eigenvalue weighted by molar-refractivity contribution is 5.34. The largest absolute Gasteiger partial charge is 0.416 e. The Balaban J connectivity index is 2.97. The minimum absolute atomic E-state index is 0.146. The van der Waals surface area contributed by atoms with E-state index in [9.17, 15) is 13.2 Å². The van der Waals surface area contributed by atoms with Crippen LogP contribution in [-0.4, -0.2) is 6.54 Å². The number of rotatable bonds is 6. The molecule has 1 aromatic carbocycles. The standard InChI is InChI=1S/C15H22F3N/c1-4-6-14(19-9-5-2)13-8-7-12(10-11(13)3)15(16,17)18/h7-8,10,14,19H,4-6,9H2,1-3H3. The molecular formula is C15H22F3N. The third-order valence-corrected chi connectivity index (χ3v) is 3.19. The van der Waals surface area contributed by atoms with Crippen LogP contribution in [0.15, 0.2) is 18.2 Å². The third-order valence-electron chi connectivity index (χ3n) is 3.19. The second-order valence-corrected chi connectivity index (χ2v) is 4.86. The molecule has 1 aromatic rings. The fraction of sp³-hybridized carbons (Fsp3) is 0.600. The van der Waals surface area contributed by atoms with Gasteiger partial charge in [0, 0.05) is 6.04 Å². The van der Waals surface area contributed by atoms with Gasteiger partial charge in [0.05, 0.1) is 5.56 Å². The van der Waals surface area contributed by atoms with Gasteiger partial charge < -0.3 is 5.32 Å². The van der Waals surface area contributed by atoms with Crippen molar-refractivity contribution in [2.45, 2.75) is 52.3 Å². The Labute approximate surface area is 113 Å². The van der Waals surface area contributed by atoms with Crippen LogP contribution in [0.3, 0.4) is 0 Å². The predicted octanol–water partition coefficient (Wildman–Crippen LogP) is 4.85. The zero-order valence-electron chi connectivity index (χ0n) is 11.8. The van der Waals surface area contributed by atoms with Gasteiger partial charge in [0.25, 0.3) is 0 Å². The summed E-state index contributed by atoms with van der Waals surface area (Å²) in [6.07, 6.45) is -1.31. The van der Waals surface area contributed by atoms with Crippen LogP contribution in [0, 0.1) is 6.92 Å². The molecule has 0 aliphatic carbocycles. The van der Waals surface area contributed by atoms with Gasteiger partial charge in [0.1, 0.15) is 0 Å². The van der Waals surface area contributed by atoms with E-state index in [4.69, 9.17) is 0 Å². The highest BCUT2D eigenvalue weighted by Gasteiger charge is 2.31. The van der Waals surface area contributed by atoms with Crippen LogP contribution < -0.4 is 5.32 Å². The zero-order valence-corrected chi connectivity index (χ0v) is 11.8. The van der Waals surface area contributed by atoms with Crippen molar-refractivity contribution in [2.24, 2.45) is 0 Å². The molecule has 0 amide bonds. The average Bonchev–Trinajstić information content (AvgIpc) is 2.33. The fourth-order valence-electron chi connectivity index (χ4n) is 2.22. The van der Waals surface area contributed by atoms with Gasteiger partial charge in [-0.2, -0.15) is 13.2 Å². The van der Waals surface area contributed by atoms with Gasteiger partial charge in [-0.15, -0.1) is 0 Å². The van der Waals surface area contributed by atoms with Crippen LogP contribution in [0.4, 0.5) is 13.2 Å². The van der Waals surface area contributed by atoms with E-state index >= 15 is 0 Å². The molecule has 0 bridgehead atoms. The number of aryl methyl sites for hydroxylation is 1. The van der Waals surface area contributed by atoms with Crippen molar-refractivity contribution in [1.82, 2.24) is 5.32 Å². The Morgan fingerprint density at radius 2 is 1.84 bits per heavy atom. The molecule has 108 valence electrons. The molecule has 1 unspecified atom stereocenters. The van der Waals surface area contributed by atoms with E-state index in [-0.39, 0.29) is 6.04 Å². The maximum atomic E-state index is 12.6. The fourth-order valence-corrected chi connectivity index (χ4v) is 2.22. The molecule has 1 rings (SSSR count). The summed E-state index contributed by atoms with van der Waals surface area (Å²) in [6.45, 7) is 6.79. The first-order valence-corrected chi connectivity index (χ1v) is 6.81. The maximum absolute atomic E-state index is 12.6. The highest BCUT2D eigenvalue weighted by Crippen LogP contribution is 2.32. The smallest absolute Gasteiger partial charge is 0.310 e. The van der Waals surface area contributed by atoms with Gasteiger partial charge in [-0.1, -0.05) is 26.3 Å². The zero-order chi connectivity index (χ0) is 14.5. The minimum Gasteiger partial charge on any atom is -0.310 e. The summed E-state index contributed by atoms with van der Waals surface area (Å²) < 4.78 is 37.9. The Morgan fingerprint density at radius 3 is 2.32 bits per heavy atom. The number of hydrogen-bond donors (Lipinski definition) is 1. The molecule has 0 aliphatic heterocycles. The van der Waals surface area contributed by atoms with Crippen LogP contribution >= 0.6 is 0 Å². The number of alkyl halides is 3. The Kier molecular flexibility index (Phi) is 5.85. The molecule has 0 aromatic heterocycles. The van der Waals surface area contributed by atoms with Crippen LogP contribution in [-0.2, 0) is 6.18 Å². The maximum Gasteiger partial charge on any atom is 0.416 e. The van der Waals surface area contributed by atoms with E-state index in [0.717, 1.165) is 31.4 Å². The lowest BCUT2D eigenvalue weighted by atomic mass is 9.95. The molecule has 0 saturated heterocycles. The van der Waals surface area contributed by atoms with Crippen molar-refractivity contribution < 1.29 is 13.2 Å². The summed E-state index contributed by atoms with van der Waals surface area (Å²) >= 11 is 0. The van der Waals surface area contributed by atoms with E-state index in [1.165, 1.54) is 12.1 Å². The van der Waals surface area contributed by atoms with Gasteiger partial charge in [-0.3, -0.25) is 0 Å². The molecule has 4 heteroatoms. The van der Waals surface area contributed by atoms with Gasteiger partial charge in [0.15, 0.2) is 0 Å². The van der Waals surface area contributed by atoms with Crippen molar-refractivity contribution in [3.05, 3.63) is 34.9 Å². The molecule has 1 atom stereocenters. The molecular weight excluding hydrogens is 251 g/mol.